The Labute approximate surface area is 159 Å². The van der Waals surface area contributed by atoms with E-state index in [0.29, 0.717) is 12.2 Å². The van der Waals surface area contributed by atoms with Crippen LogP contribution in [-0.2, 0) is 13.5 Å². The molecule has 5 nitrogen and oxygen atoms in total. The lowest BCUT2D eigenvalue weighted by Gasteiger charge is -2.02. The zero-order chi connectivity index (χ0) is 18.1. The van der Waals surface area contributed by atoms with Gasteiger partial charge >= 0.3 is 0 Å². The molecule has 0 radical (unpaired) electrons. The number of nitrogens with zero attached hydrogens (tertiary/aromatic N) is 3. The molecule has 0 saturated carbocycles. The Morgan fingerprint density at radius 3 is 2.81 bits per heavy atom. The number of hydrogen-bond donors (Lipinski definition) is 1. The Kier molecular flexibility index (Phi) is 4.57. The summed E-state index contributed by atoms with van der Waals surface area (Å²) >= 11 is 3.12. The van der Waals surface area contributed by atoms with Gasteiger partial charge in [-0.1, -0.05) is 18.2 Å². The first-order valence-corrected chi connectivity index (χ1v) is 10.1. The minimum absolute atomic E-state index is 0.141. The van der Waals surface area contributed by atoms with Crippen LogP contribution in [0.4, 0.5) is 0 Å². The van der Waals surface area contributed by atoms with E-state index in [1.54, 1.807) is 11.3 Å². The van der Waals surface area contributed by atoms with E-state index in [0.717, 1.165) is 33.3 Å². The fraction of sp³-hybridized carbons (Fsp3) is 0.211. The highest BCUT2D eigenvalue weighted by Crippen LogP contribution is 2.29. The largest absolute Gasteiger partial charge is 0.350 e. The van der Waals surface area contributed by atoms with Gasteiger partial charge in [0, 0.05) is 41.7 Å². The molecule has 0 aliphatic carbocycles. The van der Waals surface area contributed by atoms with Crippen LogP contribution in [0.3, 0.4) is 0 Å². The quantitative estimate of drug-likeness (QED) is 0.567. The Balaban J connectivity index is 1.46. The van der Waals surface area contributed by atoms with E-state index in [9.17, 15) is 4.79 Å². The second kappa shape index (κ2) is 7.01. The van der Waals surface area contributed by atoms with Gasteiger partial charge in [0.1, 0.15) is 10.7 Å². The van der Waals surface area contributed by atoms with Crippen LogP contribution in [0, 0.1) is 6.92 Å². The summed E-state index contributed by atoms with van der Waals surface area (Å²) in [4.78, 5) is 21.3. The maximum absolute atomic E-state index is 12.4. The van der Waals surface area contributed by atoms with Gasteiger partial charge in [0.25, 0.3) is 5.91 Å². The summed E-state index contributed by atoms with van der Waals surface area (Å²) in [5.41, 5.74) is 3.66. The number of hydrogen-bond acceptors (Lipinski definition) is 5. The van der Waals surface area contributed by atoms with Crippen molar-refractivity contribution in [2.24, 2.45) is 7.05 Å². The third-order valence-electron chi connectivity index (χ3n) is 4.24. The van der Waals surface area contributed by atoms with Crippen molar-refractivity contribution in [3.8, 4) is 10.7 Å². The number of rotatable bonds is 5. The lowest BCUT2D eigenvalue weighted by Crippen LogP contribution is -2.26. The van der Waals surface area contributed by atoms with Crippen molar-refractivity contribution in [2.45, 2.75) is 13.3 Å². The molecule has 1 N–H and O–H groups in total. The van der Waals surface area contributed by atoms with Crippen molar-refractivity contribution in [3.05, 3.63) is 57.5 Å². The number of amides is 1. The van der Waals surface area contributed by atoms with Gasteiger partial charge in [-0.25, -0.2) is 9.97 Å². The smallest absolute Gasteiger partial charge is 0.270 e. The summed E-state index contributed by atoms with van der Waals surface area (Å²) in [5, 5.41) is 9.84. The fourth-order valence-corrected chi connectivity index (χ4v) is 4.41. The molecule has 0 aliphatic heterocycles. The predicted molar refractivity (Wildman–Crippen MR) is 107 cm³/mol. The van der Waals surface area contributed by atoms with Gasteiger partial charge in [0.15, 0.2) is 0 Å². The number of carbonyl (C=O) groups is 1. The number of nitrogens with one attached hydrogen (secondary N) is 1. The Hall–Kier alpha value is -2.51. The van der Waals surface area contributed by atoms with Crippen molar-refractivity contribution < 1.29 is 4.79 Å². The number of aromatic nitrogens is 3. The van der Waals surface area contributed by atoms with E-state index in [2.05, 4.69) is 38.1 Å². The fourth-order valence-electron chi connectivity index (χ4n) is 2.91. The first kappa shape index (κ1) is 16.9. The number of para-hydroxylation sites is 1. The lowest BCUT2D eigenvalue weighted by molar-refractivity contribution is 0.0950. The molecule has 0 fully saturated rings. The summed E-state index contributed by atoms with van der Waals surface area (Å²) in [6.07, 6.45) is 0.732. The first-order chi connectivity index (χ1) is 12.6. The van der Waals surface area contributed by atoms with Gasteiger partial charge < -0.3 is 9.88 Å². The molecule has 132 valence electrons. The van der Waals surface area contributed by atoms with Crippen molar-refractivity contribution >= 4 is 39.5 Å². The molecule has 4 aromatic rings. The van der Waals surface area contributed by atoms with E-state index in [1.807, 2.05) is 36.9 Å². The number of carbonyl (C=O) groups excluding carboxylic acids is 1. The Bertz CT molecular complexity index is 1080. The van der Waals surface area contributed by atoms with Crippen molar-refractivity contribution in [1.82, 2.24) is 19.9 Å². The Morgan fingerprint density at radius 1 is 1.19 bits per heavy atom. The van der Waals surface area contributed by atoms with Crippen molar-refractivity contribution in [2.75, 3.05) is 6.54 Å². The molecule has 0 bridgehead atoms. The highest BCUT2D eigenvalue weighted by Gasteiger charge is 2.15. The molecular formula is C19H18N4OS2. The molecule has 0 saturated heterocycles. The highest BCUT2D eigenvalue weighted by molar-refractivity contribution is 7.13. The third kappa shape index (κ3) is 3.27. The highest BCUT2D eigenvalue weighted by atomic mass is 32.1. The van der Waals surface area contributed by atoms with Gasteiger partial charge in [-0.05, 0) is 19.1 Å². The van der Waals surface area contributed by atoms with Crippen LogP contribution >= 0.6 is 22.7 Å². The van der Waals surface area contributed by atoms with Crippen LogP contribution in [0.2, 0.25) is 0 Å². The van der Waals surface area contributed by atoms with Crippen LogP contribution in [0.1, 0.15) is 21.2 Å². The second-order valence-electron chi connectivity index (χ2n) is 6.05. The van der Waals surface area contributed by atoms with Crippen LogP contribution in [0.25, 0.3) is 21.6 Å². The molecule has 26 heavy (non-hydrogen) atoms. The normalized spacial score (nSPS) is 11.2. The molecule has 1 aromatic carbocycles. The molecule has 4 rings (SSSR count). The maximum atomic E-state index is 12.4. The molecule has 3 aromatic heterocycles. The molecule has 0 unspecified atom stereocenters. The third-order valence-corrected chi connectivity index (χ3v) is 5.93. The number of thiazole rings is 2. The van der Waals surface area contributed by atoms with Gasteiger partial charge in [0.05, 0.1) is 16.4 Å². The molecule has 0 atom stereocenters. The molecule has 3 heterocycles. The van der Waals surface area contributed by atoms with Crippen molar-refractivity contribution in [1.29, 1.82) is 0 Å². The molecule has 0 spiro atoms. The average molecular weight is 383 g/mol. The maximum Gasteiger partial charge on any atom is 0.270 e. The zero-order valence-electron chi connectivity index (χ0n) is 14.5. The lowest BCUT2D eigenvalue weighted by atomic mass is 10.2. The standard InChI is InChI=1S/C19H18N4OS2/c1-12-21-14(10-25-12)7-8-20-18(24)15-11-26-19(22-15)17-9-13-5-3-4-6-16(13)23(17)2/h3-6,9-11H,7-8H2,1-2H3,(H,20,24). The predicted octanol–water partition coefficient (Wildman–Crippen LogP) is 4.04. The number of fused-ring (bicyclic) bond motifs is 1. The molecule has 0 aliphatic rings. The van der Waals surface area contributed by atoms with Gasteiger partial charge in [-0.3, -0.25) is 4.79 Å². The van der Waals surface area contributed by atoms with E-state index < -0.39 is 0 Å². The minimum atomic E-state index is -0.141. The van der Waals surface area contributed by atoms with E-state index in [4.69, 9.17) is 0 Å². The second-order valence-corrected chi connectivity index (χ2v) is 7.97. The molecule has 7 heteroatoms. The summed E-state index contributed by atoms with van der Waals surface area (Å²) < 4.78 is 2.11. The SMILES string of the molecule is Cc1nc(CCNC(=O)c2csc(-c3cc4ccccc4n3C)n2)cs1. The van der Waals surface area contributed by atoms with Gasteiger partial charge in [-0.15, -0.1) is 22.7 Å². The van der Waals surface area contributed by atoms with Crippen molar-refractivity contribution in [3.63, 3.8) is 0 Å². The first-order valence-electron chi connectivity index (χ1n) is 8.31. The number of aryl methyl sites for hydroxylation is 2. The zero-order valence-corrected chi connectivity index (χ0v) is 16.2. The monoisotopic (exact) mass is 382 g/mol. The Morgan fingerprint density at radius 2 is 2.04 bits per heavy atom. The summed E-state index contributed by atoms with van der Waals surface area (Å²) in [6.45, 7) is 2.54. The molecule has 1 amide bonds. The van der Waals surface area contributed by atoms with Gasteiger partial charge in [0.2, 0.25) is 0 Å². The number of benzene rings is 1. The van der Waals surface area contributed by atoms with Crippen LogP contribution in [0.5, 0.6) is 0 Å². The summed E-state index contributed by atoms with van der Waals surface area (Å²) in [6, 6.07) is 10.3. The van der Waals surface area contributed by atoms with Crippen LogP contribution in [0.15, 0.2) is 41.1 Å². The van der Waals surface area contributed by atoms with Gasteiger partial charge in [-0.2, -0.15) is 0 Å². The van der Waals surface area contributed by atoms with E-state index >= 15 is 0 Å². The topological polar surface area (TPSA) is 59.8 Å². The summed E-state index contributed by atoms with van der Waals surface area (Å²) in [7, 11) is 2.02. The van der Waals surface area contributed by atoms with E-state index in [1.165, 1.54) is 16.7 Å². The van der Waals surface area contributed by atoms with Crippen LogP contribution in [-0.4, -0.2) is 27.0 Å². The summed E-state index contributed by atoms with van der Waals surface area (Å²) in [5.74, 6) is -0.141. The molecular weight excluding hydrogens is 364 g/mol. The van der Waals surface area contributed by atoms with Crippen LogP contribution < -0.4 is 5.32 Å². The minimum Gasteiger partial charge on any atom is -0.350 e. The van der Waals surface area contributed by atoms with E-state index in [-0.39, 0.29) is 5.91 Å². The average Bonchev–Trinajstić information content (AvgIpc) is 3.35.